The largest absolute Gasteiger partial charge is 0.391 e. The van der Waals surface area contributed by atoms with Crippen LogP contribution in [-0.4, -0.2) is 22.7 Å². The van der Waals surface area contributed by atoms with E-state index in [1.807, 2.05) is 0 Å². The molecular weight excluding hydrogens is 210 g/mol. The van der Waals surface area contributed by atoms with E-state index < -0.39 is 0 Å². The predicted octanol–water partition coefficient (Wildman–Crippen LogP) is 2.85. The van der Waals surface area contributed by atoms with Crippen LogP contribution in [0.4, 0.5) is 0 Å². The molecular formula is C11H19NO2S. The summed E-state index contributed by atoms with van der Waals surface area (Å²) in [6, 6.07) is 0. The maximum atomic E-state index is 10.7. The predicted molar refractivity (Wildman–Crippen MR) is 64.1 cm³/mol. The number of hydrogen-bond donors (Lipinski definition) is 0. The zero-order valence-corrected chi connectivity index (χ0v) is 10.5. The molecule has 1 atom stereocenters. The highest BCUT2D eigenvalue weighted by Crippen LogP contribution is 2.24. The third kappa shape index (κ3) is 4.69. The monoisotopic (exact) mass is 229 g/mol. The summed E-state index contributed by atoms with van der Waals surface area (Å²) in [4.78, 5) is 16.0. The quantitative estimate of drug-likeness (QED) is 0.680. The van der Waals surface area contributed by atoms with E-state index in [0.717, 1.165) is 23.6 Å². The highest BCUT2D eigenvalue weighted by molar-refractivity contribution is 8.13. The number of nitrogens with zero attached hydrogens (tertiary/aromatic N) is 1. The number of hydrogen-bond acceptors (Lipinski definition) is 4. The van der Waals surface area contributed by atoms with Gasteiger partial charge in [-0.15, -0.1) is 11.8 Å². The second-order valence-electron chi connectivity index (χ2n) is 4.23. The number of thioether (sulfide) groups is 1. The van der Waals surface area contributed by atoms with E-state index in [2.05, 4.69) is 19.0 Å². The number of carbonyl (C=O) groups is 1. The molecule has 3 nitrogen and oxygen atoms in total. The van der Waals surface area contributed by atoms with Gasteiger partial charge in [-0.3, -0.25) is 0 Å². The first-order valence-electron chi connectivity index (χ1n) is 5.44. The lowest BCUT2D eigenvalue weighted by molar-refractivity contribution is -0.117. The summed E-state index contributed by atoms with van der Waals surface area (Å²) in [7, 11) is 0. The van der Waals surface area contributed by atoms with Crippen LogP contribution in [0.2, 0.25) is 0 Å². The Morgan fingerprint density at radius 2 is 2.40 bits per heavy atom. The Bertz CT molecular complexity index is 251. The summed E-state index contributed by atoms with van der Waals surface area (Å²) in [5.74, 6) is 1.75. The fraction of sp³-hybridized carbons (Fsp3) is 0.818. The van der Waals surface area contributed by atoms with E-state index >= 15 is 0 Å². The molecule has 0 radical (unpaired) electrons. The van der Waals surface area contributed by atoms with Gasteiger partial charge in [0.15, 0.2) is 0 Å². The van der Waals surface area contributed by atoms with Gasteiger partial charge < -0.3 is 9.63 Å². The zero-order valence-electron chi connectivity index (χ0n) is 9.66. The van der Waals surface area contributed by atoms with E-state index in [-0.39, 0.29) is 11.9 Å². The van der Waals surface area contributed by atoms with Crippen LogP contribution in [0.1, 0.15) is 40.0 Å². The fourth-order valence-electron chi connectivity index (χ4n) is 1.33. The standard InChI is InChI=1S/C11H19NO2S/c1-8(2)10-7-11(12-14-10)15-6-4-5-9(3)13/h8,10H,4-7H2,1-3H3. The summed E-state index contributed by atoms with van der Waals surface area (Å²) in [6.45, 7) is 5.92. The molecule has 1 aliphatic heterocycles. The van der Waals surface area contributed by atoms with E-state index in [0.29, 0.717) is 12.3 Å². The number of carbonyl (C=O) groups excluding carboxylic acids is 1. The highest BCUT2D eigenvalue weighted by Gasteiger charge is 2.23. The topological polar surface area (TPSA) is 38.7 Å². The minimum atomic E-state index is 0.250. The van der Waals surface area contributed by atoms with Crippen LogP contribution < -0.4 is 0 Å². The lowest BCUT2D eigenvalue weighted by Gasteiger charge is -2.10. The van der Waals surface area contributed by atoms with E-state index in [1.54, 1.807) is 18.7 Å². The van der Waals surface area contributed by atoms with Gasteiger partial charge in [0.2, 0.25) is 0 Å². The maximum Gasteiger partial charge on any atom is 0.136 e. The first-order valence-corrected chi connectivity index (χ1v) is 6.43. The van der Waals surface area contributed by atoms with Gasteiger partial charge in [0.05, 0.1) is 0 Å². The van der Waals surface area contributed by atoms with Crippen molar-refractivity contribution in [3.05, 3.63) is 0 Å². The van der Waals surface area contributed by atoms with E-state index in [1.165, 1.54) is 0 Å². The fourth-order valence-corrected chi connectivity index (χ4v) is 2.23. The third-order valence-corrected chi connectivity index (χ3v) is 3.42. The zero-order chi connectivity index (χ0) is 11.3. The minimum Gasteiger partial charge on any atom is -0.391 e. The van der Waals surface area contributed by atoms with Crippen molar-refractivity contribution >= 4 is 22.6 Å². The van der Waals surface area contributed by atoms with Gasteiger partial charge in [-0.05, 0) is 25.0 Å². The molecule has 0 spiro atoms. The summed E-state index contributed by atoms with van der Waals surface area (Å²) < 4.78 is 0. The average molecular weight is 229 g/mol. The third-order valence-electron chi connectivity index (χ3n) is 2.35. The van der Waals surface area contributed by atoms with Crippen LogP contribution in [0.25, 0.3) is 0 Å². The van der Waals surface area contributed by atoms with Crippen LogP contribution in [-0.2, 0) is 9.63 Å². The minimum absolute atomic E-state index is 0.250. The second kappa shape index (κ2) is 6.16. The normalized spacial score (nSPS) is 20.3. The van der Waals surface area contributed by atoms with Crippen molar-refractivity contribution < 1.29 is 9.63 Å². The van der Waals surface area contributed by atoms with Crippen LogP contribution >= 0.6 is 11.8 Å². The Labute approximate surface area is 95.6 Å². The Kier molecular flexibility index (Phi) is 5.15. The van der Waals surface area contributed by atoms with E-state index in [4.69, 9.17) is 4.84 Å². The van der Waals surface area contributed by atoms with Crippen LogP contribution in [0.3, 0.4) is 0 Å². The molecule has 0 N–H and O–H groups in total. The SMILES string of the molecule is CC(=O)CCCSC1=NOC(C(C)C)C1. The Morgan fingerprint density at radius 1 is 1.67 bits per heavy atom. The number of Topliss-reactive ketones (excluding diaryl/α,β-unsaturated/α-hetero) is 1. The average Bonchev–Trinajstić information content (AvgIpc) is 2.60. The molecule has 0 aromatic rings. The molecule has 0 aliphatic carbocycles. The van der Waals surface area contributed by atoms with Crippen molar-refractivity contribution in [3.8, 4) is 0 Å². The summed E-state index contributed by atoms with van der Waals surface area (Å²) >= 11 is 1.72. The van der Waals surface area contributed by atoms with Crippen molar-refractivity contribution in [2.75, 3.05) is 5.75 Å². The van der Waals surface area contributed by atoms with Gasteiger partial charge in [0.1, 0.15) is 16.9 Å². The highest BCUT2D eigenvalue weighted by atomic mass is 32.2. The van der Waals surface area contributed by atoms with Gasteiger partial charge in [-0.25, -0.2) is 0 Å². The van der Waals surface area contributed by atoms with Crippen molar-refractivity contribution in [1.82, 2.24) is 0 Å². The number of oxime groups is 1. The first-order chi connectivity index (χ1) is 7.09. The van der Waals surface area contributed by atoms with Crippen LogP contribution in [0.15, 0.2) is 5.16 Å². The van der Waals surface area contributed by atoms with Crippen LogP contribution in [0.5, 0.6) is 0 Å². The van der Waals surface area contributed by atoms with Crippen molar-refractivity contribution in [1.29, 1.82) is 0 Å². The molecule has 4 heteroatoms. The molecule has 1 heterocycles. The van der Waals surface area contributed by atoms with Gasteiger partial charge >= 0.3 is 0 Å². The van der Waals surface area contributed by atoms with Gasteiger partial charge in [-0.2, -0.15) is 0 Å². The molecule has 1 aliphatic rings. The maximum absolute atomic E-state index is 10.7. The molecule has 15 heavy (non-hydrogen) atoms. The summed E-state index contributed by atoms with van der Waals surface area (Å²) in [5, 5.41) is 5.13. The van der Waals surface area contributed by atoms with Crippen molar-refractivity contribution in [3.63, 3.8) is 0 Å². The van der Waals surface area contributed by atoms with Crippen molar-refractivity contribution in [2.24, 2.45) is 11.1 Å². The second-order valence-corrected chi connectivity index (χ2v) is 5.40. The summed E-state index contributed by atoms with van der Waals surface area (Å²) in [5.41, 5.74) is 0. The van der Waals surface area contributed by atoms with Crippen LogP contribution in [0, 0.1) is 5.92 Å². The molecule has 0 aromatic carbocycles. The number of ketones is 1. The lowest BCUT2D eigenvalue weighted by atomic mass is 10.1. The molecule has 86 valence electrons. The Morgan fingerprint density at radius 3 is 2.93 bits per heavy atom. The molecule has 0 saturated carbocycles. The molecule has 0 amide bonds. The van der Waals surface area contributed by atoms with Gasteiger partial charge in [0, 0.05) is 12.8 Å². The molecule has 0 bridgehead atoms. The number of rotatable bonds is 5. The lowest BCUT2D eigenvalue weighted by Crippen LogP contribution is -2.14. The Balaban J connectivity index is 2.11. The molecule has 0 fully saturated rings. The molecule has 1 unspecified atom stereocenters. The molecule has 0 saturated heterocycles. The first kappa shape index (κ1) is 12.6. The Hall–Kier alpha value is -0.510. The molecule has 0 aromatic heterocycles. The van der Waals surface area contributed by atoms with Crippen molar-refractivity contribution in [2.45, 2.75) is 46.1 Å². The summed E-state index contributed by atoms with van der Waals surface area (Å²) in [6.07, 6.45) is 2.79. The van der Waals surface area contributed by atoms with Gasteiger partial charge in [0.25, 0.3) is 0 Å². The van der Waals surface area contributed by atoms with E-state index in [9.17, 15) is 4.79 Å². The van der Waals surface area contributed by atoms with Gasteiger partial charge in [-0.1, -0.05) is 19.0 Å². The smallest absolute Gasteiger partial charge is 0.136 e. The molecule has 1 rings (SSSR count).